The predicted octanol–water partition coefficient (Wildman–Crippen LogP) is 2.48. The lowest BCUT2D eigenvalue weighted by molar-refractivity contribution is -0.153. The number of amides is 1. The zero-order chi connectivity index (χ0) is 15.2. The average molecular weight is 293 g/mol. The van der Waals surface area contributed by atoms with Gasteiger partial charge in [0.05, 0.1) is 0 Å². The van der Waals surface area contributed by atoms with Crippen molar-refractivity contribution in [1.82, 2.24) is 0 Å². The van der Waals surface area contributed by atoms with Gasteiger partial charge in [0.1, 0.15) is 0 Å². The lowest BCUT2D eigenvalue weighted by Crippen LogP contribution is -2.29. The van der Waals surface area contributed by atoms with Crippen LogP contribution in [0.15, 0.2) is 18.2 Å². The minimum atomic E-state index is -0.834. The fourth-order valence-electron chi connectivity index (χ4n) is 1.85. The van der Waals surface area contributed by atoms with Gasteiger partial charge in [-0.05, 0) is 25.5 Å². The van der Waals surface area contributed by atoms with Gasteiger partial charge in [0.2, 0.25) is 6.79 Å². The SMILES string of the molecule is CCCCC(=O)O[C@H](C)C(=O)Nc1ccc2c(c1)OCO2. The molecule has 6 heteroatoms. The van der Waals surface area contributed by atoms with Crippen LogP contribution in [0.25, 0.3) is 0 Å². The Hall–Kier alpha value is -2.24. The number of ether oxygens (including phenoxy) is 3. The molecule has 0 saturated heterocycles. The number of benzene rings is 1. The van der Waals surface area contributed by atoms with Crippen LogP contribution >= 0.6 is 0 Å². The second-order valence-corrected chi connectivity index (χ2v) is 4.79. The Kier molecular flexibility index (Phi) is 5.03. The molecule has 0 fully saturated rings. The normalized spacial score (nSPS) is 13.6. The maximum absolute atomic E-state index is 12.0. The molecule has 0 aliphatic carbocycles. The summed E-state index contributed by atoms with van der Waals surface area (Å²) in [5.74, 6) is 0.497. The Labute approximate surface area is 123 Å². The van der Waals surface area contributed by atoms with Crippen LogP contribution in [0.1, 0.15) is 33.1 Å². The zero-order valence-electron chi connectivity index (χ0n) is 12.2. The highest BCUT2D eigenvalue weighted by molar-refractivity contribution is 5.95. The Morgan fingerprint density at radius 1 is 1.33 bits per heavy atom. The fourth-order valence-corrected chi connectivity index (χ4v) is 1.85. The van der Waals surface area contributed by atoms with Crippen LogP contribution in [0.3, 0.4) is 0 Å². The van der Waals surface area contributed by atoms with E-state index in [1.165, 1.54) is 0 Å². The molecular formula is C15H19NO5. The van der Waals surface area contributed by atoms with E-state index >= 15 is 0 Å². The number of anilines is 1. The maximum Gasteiger partial charge on any atom is 0.306 e. The molecule has 1 heterocycles. The van der Waals surface area contributed by atoms with Gasteiger partial charge in [-0.25, -0.2) is 0 Å². The van der Waals surface area contributed by atoms with Crippen molar-refractivity contribution in [3.63, 3.8) is 0 Å². The summed E-state index contributed by atoms with van der Waals surface area (Å²) in [6, 6.07) is 5.10. The van der Waals surface area contributed by atoms with E-state index in [1.807, 2.05) is 6.92 Å². The van der Waals surface area contributed by atoms with Crippen LogP contribution in [0, 0.1) is 0 Å². The molecule has 21 heavy (non-hydrogen) atoms. The molecular weight excluding hydrogens is 274 g/mol. The Morgan fingerprint density at radius 2 is 2.10 bits per heavy atom. The summed E-state index contributed by atoms with van der Waals surface area (Å²) in [6.45, 7) is 3.72. The van der Waals surface area contributed by atoms with Gasteiger partial charge >= 0.3 is 5.97 Å². The van der Waals surface area contributed by atoms with E-state index in [-0.39, 0.29) is 18.7 Å². The Bertz CT molecular complexity index is 529. The van der Waals surface area contributed by atoms with Crippen LogP contribution < -0.4 is 14.8 Å². The summed E-state index contributed by atoms with van der Waals surface area (Å²) >= 11 is 0. The van der Waals surface area contributed by atoms with Crippen molar-refractivity contribution in [1.29, 1.82) is 0 Å². The number of nitrogens with one attached hydrogen (secondary N) is 1. The molecule has 0 unspecified atom stereocenters. The predicted molar refractivity (Wildman–Crippen MR) is 76.3 cm³/mol. The van der Waals surface area contributed by atoms with Crippen LogP contribution in [-0.4, -0.2) is 24.8 Å². The third kappa shape index (κ3) is 4.11. The van der Waals surface area contributed by atoms with Gasteiger partial charge in [0.15, 0.2) is 17.6 Å². The van der Waals surface area contributed by atoms with Crippen molar-refractivity contribution in [2.45, 2.75) is 39.2 Å². The molecule has 1 aliphatic heterocycles. The molecule has 0 aromatic heterocycles. The Morgan fingerprint density at radius 3 is 2.86 bits per heavy atom. The summed E-state index contributed by atoms with van der Waals surface area (Å²) in [6.07, 6.45) is 1.17. The third-order valence-corrected chi connectivity index (χ3v) is 3.05. The van der Waals surface area contributed by atoms with E-state index in [1.54, 1.807) is 25.1 Å². The molecule has 1 amide bonds. The molecule has 0 saturated carbocycles. The van der Waals surface area contributed by atoms with E-state index in [0.29, 0.717) is 23.6 Å². The molecule has 2 rings (SSSR count). The van der Waals surface area contributed by atoms with E-state index in [9.17, 15) is 9.59 Å². The lowest BCUT2D eigenvalue weighted by atomic mass is 10.2. The monoisotopic (exact) mass is 293 g/mol. The average Bonchev–Trinajstić information content (AvgIpc) is 2.92. The lowest BCUT2D eigenvalue weighted by Gasteiger charge is -2.13. The molecule has 1 atom stereocenters. The summed E-state index contributed by atoms with van der Waals surface area (Å²) in [4.78, 5) is 23.4. The van der Waals surface area contributed by atoms with Crippen molar-refractivity contribution in [2.75, 3.05) is 12.1 Å². The van der Waals surface area contributed by atoms with Crippen LogP contribution in [0.4, 0.5) is 5.69 Å². The first-order valence-corrected chi connectivity index (χ1v) is 7.00. The molecule has 0 spiro atoms. The van der Waals surface area contributed by atoms with Crippen LogP contribution in [0.2, 0.25) is 0 Å². The quantitative estimate of drug-likeness (QED) is 0.816. The number of carbonyl (C=O) groups excluding carboxylic acids is 2. The zero-order valence-corrected chi connectivity index (χ0v) is 12.2. The van der Waals surface area contributed by atoms with Gasteiger partial charge in [-0.1, -0.05) is 13.3 Å². The molecule has 1 aliphatic rings. The van der Waals surface area contributed by atoms with E-state index in [2.05, 4.69) is 5.32 Å². The number of esters is 1. The van der Waals surface area contributed by atoms with Crippen molar-refractivity contribution in [2.24, 2.45) is 0 Å². The number of hydrogen-bond donors (Lipinski definition) is 1. The highest BCUT2D eigenvalue weighted by Crippen LogP contribution is 2.34. The van der Waals surface area contributed by atoms with E-state index in [0.717, 1.165) is 12.8 Å². The second-order valence-electron chi connectivity index (χ2n) is 4.79. The van der Waals surface area contributed by atoms with Gasteiger partial charge < -0.3 is 19.5 Å². The van der Waals surface area contributed by atoms with E-state index in [4.69, 9.17) is 14.2 Å². The van der Waals surface area contributed by atoms with Gasteiger partial charge in [-0.2, -0.15) is 0 Å². The van der Waals surface area contributed by atoms with E-state index < -0.39 is 6.10 Å². The second kappa shape index (κ2) is 6.97. The minimum Gasteiger partial charge on any atom is -0.454 e. The van der Waals surface area contributed by atoms with Crippen LogP contribution in [0.5, 0.6) is 11.5 Å². The molecule has 0 radical (unpaired) electrons. The maximum atomic E-state index is 12.0. The number of rotatable bonds is 6. The highest BCUT2D eigenvalue weighted by Gasteiger charge is 2.19. The largest absolute Gasteiger partial charge is 0.454 e. The van der Waals surface area contributed by atoms with Crippen LogP contribution in [-0.2, 0) is 14.3 Å². The summed E-state index contributed by atoms with van der Waals surface area (Å²) in [5.41, 5.74) is 0.570. The summed E-state index contributed by atoms with van der Waals surface area (Å²) in [7, 11) is 0. The first-order valence-electron chi connectivity index (χ1n) is 7.00. The summed E-state index contributed by atoms with van der Waals surface area (Å²) < 4.78 is 15.5. The standard InChI is InChI=1S/C15H19NO5/c1-3-4-5-14(17)21-10(2)15(18)16-11-6-7-12-13(8-11)20-9-19-12/h6-8,10H,3-5,9H2,1-2H3,(H,16,18)/t10-/m1/s1. The fraction of sp³-hybridized carbons (Fsp3) is 0.467. The minimum absolute atomic E-state index is 0.179. The number of fused-ring (bicyclic) bond motifs is 1. The first-order chi connectivity index (χ1) is 10.1. The summed E-state index contributed by atoms with van der Waals surface area (Å²) in [5, 5.41) is 2.68. The smallest absolute Gasteiger partial charge is 0.306 e. The molecule has 1 aromatic carbocycles. The van der Waals surface area contributed by atoms with Crippen molar-refractivity contribution in [3.05, 3.63) is 18.2 Å². The van der Waals surface area contributed by atoms with Gasteiger partial charge in [-0.3, -0.25) is 9.59 Å². The Balaban J connectivity index is 1.87. The van der Waals surface area contributed by atoms with Crippen molar-refractivity contribution >= 4 is 17.6 Å². The number of hydrogen-bond acceptors (Lipinski definition) is 5. The molecule has 0 bridgehead atoms. The number of unbranched alkanes of at least 4 members (excludes halogenated alkanes) is 1. The van der Waals surface area contributed by atoms with Gasteiger partial charge in [0, 0.05) is 18.2 Å². The molecule has 6 nitrogen and oxygen atoms in total. The van der Waals surface area contributed by atoms with Crippen molar-refractivity contribution in [3.8, 4) is 11.5 Å². The van der Waals surface area contributed by atoms with Crippen molar-refractivity contribution < 1.29 is 23.8 Å². The van der Waals surface area contributed by atoms with Gasteiger partial charge in [-0.15, -0.1) is 0 Å². The molecule has 1 N–H and O–H groups in total. The number of carbonyl (C=O) groups is 2. The third-order valence-electron chi connectivity index (χ3n) is 3.05. The first kappa shape index (κ1) is 15.2. The highest BCUT2D eigenvalue weighted by atomic mass is 16.7. The molecule has 1 aromatic rings. The molecule has 114 valence electrons. The topological polar surface area (TPSA) is 73.9 Å². The van der Waals surface area contributed by atoms with Gasteiger partial charge in [0.25, 0.3) is 5.91 Å².